The minimum absolute atomic E-state index is 0.160. The van der Waals surface area contributed by atoms with E-state index in [2.05, 4.69) is 33.8 Å². The molecule has 3 aromatic rings. The van der Waals surface area contributed by atoms with E-state index in [1.54, 1.807) is 0 Å². The Morgan fingerprint density at radius 2 is 1.85 bits per heavy atom. The van der Waals surface area contributed by atoms with E-state index in [9.17, 15) is 4.79 Å². The lowest BCUT2D eigenvalue weighted by atomic mass is 10.1. The number of pyridine rings is 1. The summed E-state index contributed by atoms with van der Waals surface area (Å²) in [6, 6.07) is 12.0. The van der Waals surface area contributed by atoms with Crippen LogP contribution in [0.5, 0.6) is 0 Å². The number of aromatic nitrogens is 2. The van der Waals surface area contributed by atoms with Crippen LogP contribution in [0.15, 0.2) is 48.8 Å². The summed E-state index contributed by atoms with van der Waals surface area (Å²) < 4.78 is 2.10. The summed E-state index contributed by atoms with van der Waals surface area (Å²) in [6.45, 7) is 6.47. The van der Waals surface area contributed by atoms with E-state index in [0.717, 1.165) is 55.9 Å². The minimum Gasteiger partial charge on any atom is -0.336 e. The Hall–Kier alpha value is -2.66. The normalized spacial score (nSPS) is 15.4. The third-order valence-corrected chi connectivity index (χ3v) is 5.55. The zero-order valence-electron chi connectivity index (χ0n) is 16.1. The van der Waals surface area contributed by atoms with E-state index in [1.807, 2.05) is 48.4 Å². The van der Waals surface area contributed by atoms with Crippen LogP contribution in [0.25, 0.3) is 11.0 Å². The van der Waals surface area contributed by atoms with Crippen molar-refractivity contribution in [2.75, 3.05) is 32.7 Å². The van der Waals surface area contributed by atoms with Gasteiger partial charge in [-0.05, 0) is 42.7 Å². The number of amides is 1. The molecule has 0 bridgehead atoms. The van der Waals surface area contributed by atoms with Crippen molar-refractivity contribution in [1.82, 2.24) is 19.4 Å². The SMILES string of the molecule is Cc1ccccc1C(=O)N1CCN(CCc2cn(C)c3ncccc23)CC1. The molecule has 140 valence electrons. The van der Waals surface area contributed by atoms with Crippen LogP contribution in [0.1, 0.15) is 21.5 Å². The molecule has 1 aliphatic heterocycles. The van der Waals surface area contributed by atoms with E-state index in [-0.39, 0.29) is 5.91 Å². The van der Waals surface area contributed by atoms with Gasteiger partial charge in [0, 0.05) is 63.1 Å². The van der Waals surface area contributed by atoms with Gasteiger partial charge in [0.1, 0.15) is 5.65 Å². The fraction of sp³-hybridized carbons (Fsp3) is 0.364. The molecule has 5 heteroatoms. The van der Waals surface area contributed by atoms with E-state index in [1.165, 1.54) is 10.9 Å². The third-order valence-electron chi connectivity index (χ3n) is 5.55. The molecule has 0 spiro atoms. The number of aryl methyl sites for hydroxylation is 2. The van der Waals surface area contributed by atoms with Gasteiger partial charge in [-0.15, -0.1) is 0 Å². The molecule has 3 heterocycles. The number of hydrogen-bond acceptors (Lipinski definition) is 3. The highest BCUT2D eigenvalue weighted by Gasteiger charge is 2.23. The standard InChI is InChI=1S/C22H26N4O/c1-17-6-3-4-7-19(17)22(27)26-14-12-25(13-15-26)11-9-18-16-24(2)21-20(18)8-5-10-23-21/h3-8,10,16H,9,11-15H2,1-2H3. The molecule has 0 aliphatic carbocycles. The van der Waals surface area contributed by atoms with Gasteiger partial charge in [0.2, 0.25) is 0 Å². The molecule has 1 amide bonds. The summed E-state index contributed by atoms with van der Waals surface area (Å²) in [5.41, 5.74) is 4.27. The molecule has 1 saturated heterocycles. The Kier molecular flexibility index (Phi) is 4.94. The van der Waals surface area contributed by atoms with Crippen LogP contribution < -0.4 is 0 Å². The zero-order valence-corrected chi connectivity index (χ0v) is 16.1. The molecule has 1 aliphatic rings. The highest BCUT2D eigenvalue weighted by Crippen LogP contribution is 2.19. The Morgan fingerprint density at radius 1 is 1.07 bits per heavy atom. The van der Waals surface area contributed by atoms with Crippen molar-refractivity contribution in [1.29, 1.82) is 0 Å². The largest absolute Gasteiger partial charge is 0.336 e. The van der Waals surface area contributed by atoms with Crippen LogP contribution in [0.4, 0.5) is 0 Å². The molecular weight excluding hydrogens is 336 g/mol. The lowest BCUT2D eigenvalue weighted by Crippen LogP contribution is -2.49. The summed E-state index contributed by atoms with van der Waals surface area (Å²) >= 11 is 0. The van der Waals surface area contributed by atoms with Crippen LogP contribution in [0.2, 0.25) is 0 Å². The molecule has 0 radical (unpaired) electrons. The van der Waals surface area contributed by atoms with Gasteiger partial charge >= 0.3 is 0 Å². The van der Waals surface area contributed by atoms with Crippen molar-refractivity contribution in [3.63, 3.8) is 0 Å². The number of carbonyl (C=O) groups is 1. The van der Waals surface area contributed by atoms with Crippen molar-refractivity contribution in [2.24, 2.45) is 7.05 Å². The van der Waals surface area contributed by atoms with Gasteiger partial charge in [0.15, 0.2) is 0 Å². The summed E-state index contributed by atoms with van der Waals surface area (Å²) in [5, 5.41) is 1.24. The first-order valence-corrected chi connectivity index (χ1v) is 9.59. The highest BCUT2D eigenvalue weighted by atomic mass is 16.2. The van der Waals surface area contributed by atoms with E-state index in [4.69, 9.17) is 0 Å². The first-order chi connectivity index (χ1) is 13.1. The Morgan fingerprint density at radius 3 is 2.63 bits per heavy atom. The maximum Gasteiger partial charge on any atom is 0.254 e. The molecule has 5 nitrogen and oxygen atoms in total. The number of hydrogen-bond donors (Lipinski definition) is 0. The van der Waals surface area contributed by atoms with Gasteiger partial charge in [-0.3, -0.25) is 9.69 Å². The second-order valence-electron chi connectivity index (χ2n) is 7.34. The van der Waals surface area contributed by atoms with Gasteiger partial charge < -0.3 is 9.47 Å². The summed E-state index contributed by atoms with van der Waals surface area (Å²) in [6.07, 6.45) is 5.04. The highest BCUT2D eigenvalue weighted by molar-refractivity contribution is 5.95. The average Bonchev–Trinajstić information content (AvgIpc) is 3.03. The molecule has 1 aromatic carbocycles. The van der Waals surface area contributed by atoms with Crippen molar-refractivity contribution < 1.29 is 4.79 Å². The lowest BCUT2D eigenvalue weighted by Gasteiger charge is -2.35. The van der Waals surface area contributed by atoms with Gasteiger partial charge in [0.05, 0.1) is 0 Å². The Bertz CT molecular complexity index is 954. The molecular formula is C22H26N4O. The molecule has 0 saturated carbocycles. The summed E-state index contributed by atoms with van der Waals surface area (Å²) in [4.78, 5) is 21.7. The van der Waals surface area contributed by atoms with E-state index >= 15 is 0 Å². The molecule has 0 unspecified atom stereocenters. The number of nitrogens with zero attached hydrogens (tertiary/aromatic N) is 4. The predicted molar refractivity (Wildman–Crippen MR) is 108 cm³/mol. The number of piperazine rings is 1. The van der Waals surface area contributed by atoms with Crippen molar-refractivity contribution in [3.05, 3.63) is 65.5 Å². The molecule has 1 fully saturated rings. The second-order valence-corrected chi connectivity index (χ2v) is 7.34. The number of fused-ring (bicyclic) bond motifs is 1. The van der Waals surface area contributed by atoms with Crippen molar-refractivity contribution in [3.8, 4) is 0 Å². The molecule has 0 N–H and O–H groups in total. The van der Waals surface area contributed by atoms with Crippen LogP contribution in [-0.4, -0.2) is 58.0 Å². The smallest absolute Gasteiger partial charge is 0.254 e. The van der Waals surface area contributed by atoms with E-state index in [0.29, 0.717) is 0 Å². The maximum absolute atomic E-state index is 12.8. The van der Waals surface area contributed by atoms with Crippen LogP contribution in [0, 0.1) is 6.92 Å². The Labute approximate surface area is 160 Å². The molecule has 27 heavy (non-hydrogen) atoms. The number of carbonyl (C=O) groups excluding carboxylic acids is 1. The first-order valence-electron chi connectivity index (χ1n) is 9.59. The van der Waals surface area contributed by atoms with Gasteiger partial charge in [-0.1, -0.05) is 18.2 Å². The first kappa shape index (κ1) is 17.7. The number of benzene rings is 1. The minimum atomic E-state index is 0.160. The van der Waals surface area contributed by atoms with E-state index < -0.39 is 0 Å². The summed E-state index contributed by atoms with van der Waals surface area (Å²) in [7, 11) is 2.05. The molecule has 0 atom stereocenters. The molecule has 4 rings (SSSR count). The van der Waals surface area contributed by atoms with Gasteiger partial charge in [0.25, 0.3) is 5.91 Å². The maximum atomic E-state index is 12.8. The molecule has 2 aromatic heterocycles. The van der Waals surface area contributed by atoms with Crippen LogP contribution in [0.3, 0.4) is 0 Å². The second kappa shape index (κ2) is 7.53. The zero-order chi connectivity index (χ0) is 18.8. The quantitative estimate of drug-likeness (QED) is 0.717. The van der Waals surface area contributed by atoms with Crippen molar-refractivity contribution >= 4 is 16.9 Å². The fourth-order valence-electron chi connectivity index (χ4n) is 3.93. The number of rotatable bonds is 4. The third kappa shape index (κ3) is 3.60. The van der Waals surface area contributed by atoms with Crippen LogP contribution >= 0.6 is 0 Å². The van der Waals surface area contributed by atoms with Gasteiger partial charge in [-0.25, -0.2) is 4.98 Å². The lowest BCUT2D eigenvalue weighted by molar-refractivity contribution is 0.0638. The Balaban J connectivity index is 1.34. The predicted octanol–water partition coefficient (Wildman–Crippen LogP) is 2.88. The topological polar surface area (TPSA) is 41.4 Å². The van der Waals surface area contributed by atoms with Crippen molar-refractivity contribution in [2.45, 2.75) is 13.3 Å². The fourth-order valence-corrected chi connectivity index (χ4v) is 3.93. The van der Waals surface area contributed by atoms with Gasteiger partial charge in [-0.2, -0.15) is 0 Å². The summed E-state index contributed by atoms with van der Waals surface area (Å²) in [5.74, 6) is 0.160. The monoisotopic (exact) mass is 362 g/mol. The average molecular weight is 362 g/mol. The van der Waals surface area contributed by atoms with Crippen LogP contribution in [-0.2, 0) is 13.5 Å².